The van der Waals surface area contributed by atoms with Gasteiger partial charge in [-0.2, -0.15) is 5.26 Å². The van der Waals surface area contributed by atoms with Crippen LogP contribution in [-0.2, 0) is 25.3 Å². The third-order valence-electron chi connectivity index (χ3n) is 10.5. The minimum atomic E-state index is -0.643. The minimum Gasteiger partial charge on any atom is -0.464 e. The number of ether oxygens (including phenoxy) is 1. The molecular formula is C33H42BN3O6. The molecule has 9 nitrogen and oxygen atoms in total. The first-order valence-corrected chi connectivity index (χ1v) is 15.7. The van der Waals surface area contributed by atoms with Gasteiger partial charge in [0.25, 0.3) is 5.91 Å². The van der Waals surface area contributed by atoms with Crippen molar-refractivity contribution in [2.24, 2.45) is 23.2 Å². The Kier molecular flexibility index (Phi) is 7.84. The van der Waals surface area contributed by atoms with Crippen molar-refractivity contribution in [2.75, 3.05) is 13.2 Å². The summed E-state index contributed by atoms with van der Waals surface area (Å²) in [6.45, 7) is 11.2. The molecule has 2 amide bonds. The van der Waals surface area contributed by atoms with Gasteiger partial charge in [-0.15, -0.1) is 0 Å². The number of amides is 2. The quantitative estimate of drug-likeness (QED) is 0.249. The molecule has 2 aromatic rings. The number of para-hydroxylation sites is 1. The van der Waals surface area contributed by atoms with Gasteiger partial charge in [0.15, 0.2) is 0 Å². The van der Waals surface area contributed by atoms with Crippen molar-refractivity contribution in [3.05, 3.63) is 47.7 Å². The van der Waals surface area contributed by atoms with Crippen LogP contribution in [0, 0.1) is 34.5 Å². The number of likely N-dealkylation sites (tertiary alicyclic amines) is 1. The number of nitrogens with zero attached hydrogens (tertiary/aromatic N) is 2. The van der Waals surface area contributed by atoms with E-state index in [2.05, 4.69) is 26.1 Å². The number of carbonyl (C=O) groups excluding carboxylic acids is 2. The van der Waals surface area contributed by atoms with Crippen molar-refractivity contribution >= 4 is 30.1 Å². The van der Waals surface area contributed by atoms with Gasteiger partial charge in [0.2, 0.25) is 0 Å². The summed E-state index contributed by atoms with van der Waals surface area (Å²) in [5.74, 6) is 0.258. The van der Waals surface area contributed by atoms with E-state index in [1.54, 1.807) is 17.2 Å². The number of nitriles is 1. The molecule has 5 fully saturated rings. The first kappa shape index (κ1) is 29.8. The summed E-state index contributed by atoms with van der Waals surface area (Å²) in [6.07, 6.45) is 6.82. The van der Waals surface area contributed by atoms with Gasteiger partial charge in [-0.3, -0.25) is 4.79 Å². The zero-order chi connectivity index (χ0) is 30.5. The van der Waals surface area contributed by atoms with E-state index in [1.165, 1.54) is 0 Å². The zero-order valence-electron chi connectivity index (χ0n) is 25.8. The number of carbonyl (C=O) groups is 2. The van der Waals surface area contributed by atoms with E-state index in [9.17, 15) is 14.9 Å². The molecule has 3 heterocycles. The third-order valence-corrected chi connectivity index (χ3v) is 10.5. The average molecular weight is 588 g/mol. The zero-order valence-corrected chi connectivity index (χ0v) is 25.8. The van der Waals surface area contributed by atoms with Gasteiger partial charge < -0.3 is 28.7 Å². The molecule has 1 aromatic carbocycles. The maximum atomic E-state index is 13.3. The molecule has 2 saturated heterocycles. The van der Waals surface area contributed by atoms with Crippen molar-refractivity contribution in [1.82, 2.24) is 10.2 Å². The van der Waals surface area contributed by atoms with Gasteiger partial charge in [-0.25, -0.2) is 4.79 Å². The van der Waals surface area contributed by atoms with Gasteiger partial charge in [0.1, 0.15) is 23.8 Å². The average Bonchev–Trinajstić information content (AvgIpc) is 3.70. The van der Waals surface area contributed by atoms with E-state index in [0.29, 0.717) is 31.2 Å². The van der Waals surface area contributed by atoms with Crippen LogP contribution in [0.5, 0.6) is 0 Å². The van der Waals surface area contributed by atoms with Crippen LogP contribution in [-0.4, -0.2) is 60.9 Å². The van der Waals surface area contributed by atoms with Crippen molar-refractivity contribution < 1.29 is 28.1 Å². The highest BCUT2D eigenvalue weighted by Crippen LogP contribution is 2.65. The number of benzene rings is 1. The van der Waals surface area contributed by atoms with Crippen LogP contribution in [0.4, 0.5) is 4.79 Å². The van der Waals surface area contributed by atoms with E-state index >= 15 is 0 Å². The molecule has 10 heteroatoms. The Morgan fingerprint density at radius 3 is 2.79 bits per heavy atom. The van der Waals surface area contributed by atoms with Gasteiger partial charge in [-0.05, 0) is 73.8 Å². The summed E-state index contributed by atoms with van der Waals surface area (Å²) in [4.78, 5) is 28.0. The van der Waals surface area contributed by atoms with E-state index in [0.717, 1.165) is 35.8 Å². The Balaban J connectivity index is 1.16. The molecule has 3 aliphatic carbocycles. The van der Waals surface area contributed by atoms with E-state index in [1.807, 2.05) is 44.2 Å². The van der Waals surface area contributed by atoms with Crippen LogP contribution in [0.3, 0.4) is 0 Å². The molecule has 1 N–H and O–H groups in total. The van der Waals surface area contributed by atoms with Crippen molar-refractivity contribution in [3.63, 3.8) is 0 Å². The van der Waals surface area contributed by atoms with Gasteiger partial charge in [-0.1, -0.05) is 52.0 Å². The van der Waals surface area contributed by atoms with Gasteiger partial charge >= 0.3 is 13.2 Å². The molecule has 7 rings (SSSR count). The summed E-state index contributed by atoms with van der Waals surface area (Å²) in [5.41, 5.74) is 1.64. The number of furan rings is 1. The highest BCUT2D eigenvalue weighted by atomic mass is 16.7. The minimum absolute atomic E-state index is 0.0260. The standard InChI is InChI=1S/C33H42BN3O6/c1-20(2)13-21(17-35)30(38)37-12-8-9-24(37)19-41-31(39)36-29(14-22-18-40-26-11-7-6-10-25(22)26)34-42-28-16-23-15-27(32(23,3)4)33(28,5)43-34/h6-7,10-11,13,18,20,23-24,27-29H,8-9,12,14-16,19H2,1-5H3,(H,36,39)/b21-13-/t23-,24+,27-,28+,29-,33-/m0/s1. The summed E-state index contributed by atoms with van der Waals surface area (Å²) < 4.78 is 24.8. The molecular weight excluding hydrogens is 545 g/mol. The fraction of sp³-hybridized carbons (Fsp3) is 0.606. The van der Waals surface area contributed by atoms with Crippen LogP contribution in [0.25, 0.3) is 11.0 Å². The van der Waals surface area contributed by atoms with Crippen molar-refractivity contribution in [2.45, 2.75) is 90.4 Å². The predicted octanol–water partition coefficient (Wildman–Crippen LogP) is 5.43. The monoisotopic (exact) mass is 587 g/mol. The number of allylic oxidation sites excluding steroid dienone is 1. The lowest BCUT2D eigenvalue weighted by atomic mass is 9.43. The lowest BCUT2D eigenvalue weighted by Gasteiger charge is -2.64. The number of alkyl carbamates (subject to hydrolysis) is 1. The Morgan fingerprint density at radius 1 is 1.26 bits per heavy atom. The summed E-state index contributed by atoms with van der Waals surface area (Å²) >= 11 is 0. The summed E-state index contributed by atoms with van der Waals surface area (Å²) in [6, 6.07) is 9.58. The Bertz CT molecular complexity index is 1460. The van der Waals surface area contributed by atoms with Crippen molar-refractivity contribution in [3.8, 4) is 6.07 Å². The lowest BCUT2D eigenvalue weighted by molar-refractivity contribution is -0.199. The molecule has 3 saturated carbocycles. The number of hydrogen-bond acceptors (Lipinski definition) is 7. The number of nitrogens with one attached hydrogen (secondary N) is 1. The first-order valence-electron chi connectivity index (χ1n) is 15.7. The normalized spacial score (nSPS) is 30.1. The molecule has 1 aromatic heterocycles. The summed E-state index contributed by atoms with van der Waals surface area (Å²) in [7, 11) is -0.643. The van der Waals surface area contributed by atoms with E-state index < -0.39 is 24.8 Å². The van der Waals surface area contributed by atoms with Crippen LogP contribution in [0.2, 0.25) is 0 Å². The van der Waals surface area contributed by atoms with Crippen LogP contribution in [0.15, 0.2) is 46.6 Å². The molecule has 0 spiro atoms. The Hall–Kier alpha value is -3.29. The molecule has 2 aliphatic heterocycles. The van der Waals surface area contributed by atoms with Crippen molar-refractivity contribution in [1.29, 1.82) is 5.26 Å². The largest absolute Gasteiger partial charge is 0.482 e. The fourth-order valence-corrected chi connectivity index (χ4v) is 8.00. The second-order valence-electron chi connectivity index (χ2n) is 13.9. The molecule has 0 unspecified atom stereocenters. The maximum absolute atomic E-state index is 13.3. The van der Waals surface area contributed by atoms with E-state index in [-0.39, 0.29) is 41.6 Å². The number of fused-ring (bicyclic) bond motifs is 1. The second-order valence-corrected chi connectivity index (χ2v) is 13.9. The van der Waals surface area contributed by atoms with Gasteiger partial charge in [0, 0.05) is 11.9 Å². The fourth-order valence-electron chi connectivity index (χ4n) is 8.00. The smallest absolute Gasteiger partial charge is 0.464 e. The summed E-state index contributed by atoms with van der Waals surface area (Å²) in [5, 5.41) is 13.6. The predicted molar refractivity (Wildman–Crippen MR) is 162 cm³/mol. The number of rotatable bonds is 8. The van der Waals surface area contributed by atoms with Crippen LogP contribution >= 0.6 is 0 Å². The lowest BCUT2D eigenvalue weighted by Crippen LogP contribution is -2.65. The molecule has 228 valence electrons. The Labute approximate surface area is 254 Å². The first-order chi connectivity index (χ1) is 20.5. The SMILES string of the molecule is CC(C)/C=C(/C#N)C(=O)N1CCC[C@@H]1COC(=O)N[C@@H](Cc1coc2ccccc12)B1O[C@@H]2C[C@@H]3C[C@@H](C3(C)C)[C@]2(C)O1. The second kappa shape index (κ2) is 11.3. The maximum Gasteiger partial charge on any atom is 0.482 e. The van der Waals surface area contributed by atoms with Crippen LogP contribution < -0.4 is 5.32 Å². The highest BCUT2D eigenvalue weighted by molar-refractivity contribution is 6.48. The number of hydrogen-bond donors (Lipinski definition) is 1. The molecule has 5 aliphatic rings. The van der Waals surface area contributed by atoms with E-state index in [4.69, 9.17) is 18.5 Å². The van der Waals surface area contributed by atoms with Crippen LogP contribution in [0.1, 0.15) is 65.9 Å². The topological polar surface area (TPSA) is 114 Å². The third kappa shape index (κ3) is 5.36. The molecule has 2 bridgehead atoms. The van der Waals surface area contributed by atoms with Gasteiger partial charge in [0.05, 0.1) is 30.0 Å². The molecule has 43 heavy (non-hydrogen) atoms. The molecule has 0 radical (unpaired) electrons. The Morgan fingerprint density at radius 2 is 2.05 bits per heavy atom. The highest BCUT2D eigenvalue weighted by Gasteiger charge is 2.68. The molecule has 6 atom stereocenters.